The molecule has 128 valence electrons. The van der Waals surface area contributed by atoms with Crippen LogP contribution in [0.15, 0.2) is 30.3 Å². The van der Waals surface area contributed by atoms with E-state index in [4.69, 9.17) is 0 Å². The number of nitrogens with one attached hydrogen (secondary N) is 1. The predicted molar refractivity (Wildman–Crippen MR) is 99.1 cm³/mol. The largest absolute Gasteiger partial charge is 0.480 e. The van der Waals surface area contributed by atoms with Crippen LogP contribution < -0.4 is 5.32 Å². The molecule has 0 aliphatic heterocycles. The van der Waals surface area contributed by atoms with Gasteiger partial charge in [-0.3, -0.25) is 4.79 Å². The van der Waals surface area contributed by atoms with Gasteiger partial charge in [0.2, 0.25) is 5.91 Å². The fourth-order valence-electron chi connectivity index (χ4n) is 2.09. The second kappa shape index (κ2) is 9.88. The maximum atomic E-state index is 11.9. The van der Waals surface area contributed by atoms with Crippen LogP contribution in [0.5, 0.6) is 0 Å². The minimum atomic E-state index is -1.01. The van der Waals surface area contributed by atoms with Crippen LogP contribution in [0.3, 0.4) is 0 Å². The quantitative estimate of drug-likeness (QED) is 0.595. The third-order valence-electron chi connectivity index (χ3n) is 3.51. The molecule has 0 bridgehead atoms. The summed E-state index contributed by atoms with van der Waals surface area (Å²) in [5.74, 6) is -0.493. The van der Waals surface area contributed by atoms with E-state index in [1.54, 1.807) is 18.7 Å². The number of thioether (sulfide) groups is 1. The molecule has 0 heterocycles. The Balaban J connectivity index is 2.72. The molecular formula is C17H25NO3S2. The van der Waals surface area contributed by atoms with Gasteiger partial charge in [0.15, 0.2) is 0 Å². The van der Waals surface area contributed by atoms with Gasteiger partial charge in [0.05, 0.1) is 0 Å². The first-order valence-electron chi connectivity index (χ1n) is 7.67. The molecule has 6 heteroatoms. The fraction of sp³-hybridized carbons (Fsp3) is 0.529. The van der Waals surface area contributed by atoms with E-state index in [0.717, 1.165) is 0 Å². The molecule has 0 saturated carbocycles. The Kier molecular flexibility index (Phi) is 8.55. The van der Waals surface area contributed by atoms with Crippen molar-refractivity contribution in [3.8, 4) is 0 Å². The summed E-state index contributed by atoms with van der Waals surface area (Å²) in [6.45, 7) is 5.96. The van der Waals surface area contributed by atoms with Crippen LogP contribution in [0.25, 0.3) is 0 Å². The van der Waals surface area contributed by atoms with Gasteiger partial charge in [-0.05, 0) is 11.5 Å². The highest BCUT2D eigenvalue weighted by Crippen LogP contribution is 2.35. The molecule has 1 unspecified atom stereocenters. The number of amides is 1. The number of aliphatic carboxylic acids is 1. The second-order valence-electron chi connectivity index (χ2n) is 5.89. The highest BCUT2D eigenvalue weighted by atomic mass is 32.2. The van der Waals surface area contributed by atoms with Gasteiger partial charge in [-0.1, -0.05) is 51.1 Å². The molecule has 4 nitrogen and oxygen atoms in total. The molecule has 1 aromatic rings. The van der Waals surface area contributed by atoms with Gasteiger partial charge in [0.25, 0.3) is 0 Å². The van der Waals surface area contributed by atoms with Gasteiger partial charge in [0.1, 0.15) is 6.04 Å². The Labute approximate surface area is 147 Å². The fourth-order valence-corrected chi connectivity index (χ4v) is 3.61. The Morgan fingerprint density at radius 3 is 2.30 bits per heavy atom. The Hall–Kier alpha value is -1.14. The monoisotopic (exact) mass is 355 g/mol. The van der Waals surface area contributed by atoms with Gasteiger partial charge in [-0.15, -0.1) is 0 Å². The van der Waals surface area contributed by atoms with Crippen LogP contribution in [0.1, 0.15) is 31.6 Å². The maximum Gasteiger partial charge on any atom is 0.327 e. The third-order valence-corrected chi connectivity index (χ3v) is 5.76. The molecular weight excluding hydrogens is 330 g/mol. The van der Waals surface area contributed by atoms with Gasteiger partial charge >= 0.3 is 5.97 Å². The molecule has 0 radical (unpaired) electrons. The van der Waals surface area contributed by atoms with Crippen molar-refractivity contribution in [3.63, 3.8) is 0 Å². The van der Waals surface area contributed by atoms with E-state index in [1.807, 2.05) is 18.2 Å². The highest BCUT2D eigenvalue weighted by molar-refractivity contribution is 7.99. The molecule has 0 spiro atoms. The smallest absolute Gasteiger partial charge is 0.327 e. The van der Waals surface area contributed by atoms with Crippen molar-refractivity contribution in [3.05, 3.63) is 35.9 Å². The summed E-state index contributed by atoms with van der Waals surface area (Å²) >= 11 is 5.64. The lowest BCUT2D eigenvalue weighted by Gasteiger charge is -2.23. The van der Waals surface area contributed by atoms with Crippen molar-refractivity contribution in [2.75, 3.05) is 11.5 Å². The summed E-state index contributed by atoms with van der Waals surface area (Å²) in [7, 11) is 0. The molecule has 0 aliphatic carbocycles. The van der Waals surface area contributed by atoms with Gasteiger partial charge in [0, 0.05) is 22.7 Å². The first kappa shape index (κ1) is 19.9. The Morgan fingerprint density at radius 2 is 1.83 bits per heavy atom. The molecule has 0 aliphatic rings. The summed E-state index contributed by atoms with van der Waals surface area (Å²) < 4.78 is 0. The predicted octanol–water partition coefficient (Wildman–Crippen LogP) is 3.25. The summed E-state index contributed by atoms with van der Waals surface area (Å²) in [6.07, 6.45) is 0. The summed E-state index contributed by atoms with van der Waals surface area (Å²) in [5, 5.41) is 12.1. The molecule has 3 atom stereocenters. The number of carboxylic acid groups (broad SMARTS) is 1. The first-order valence-corrected chi connectivity index (χ1v) is 9.35. The lowest BCUT2D eigenvalue weighted by atomic mass is 10.0. The van der Waals surface area contributed by atoms with Crippen molar-refractivity contribution >= 4 is 36.3 Å². The van der Waals surface area contributed by atoms with Crippen LogP contribution >= 0.6 is 24.4 Å². The van der Waals surface area contributed by atoms with E-state index in [1.165, 1.54) is 5.56 Å². The number of benzene rings is 1. The van der Waals surface area contributed by atoms with Crippen LogP contribution in [-0.4, -0.2) is 34.5 Å². The number of hydrogen-bond donors (Lipinski definition) is 3. The minimum absolute atomic E-state index is 0.192. The summed E-state index contributed by atoms with van der Waals surface area (Å²) in [4.78, 5) is 23.3. The van der Waals surface area contributed by atoms with E-state index in [9.17, 15) is 14.7 Å². The van der Waals surface area contributed by atoms with E-state index in [-0.39, 0.29) is 17.1 Å². The van der Waals surface area contributed by atoms with Gasteiger partial charge < -0.3 is 10.4 Å². The summed E-state index contributed by atoms with van der Waals surface area (Å²) in [6, 6.07) is 9.14. The average molecular weight is 356 g/mol. The zero-order valence-electron chi connectivity index (χ0n) is 13.7. The zero-order valence-corrected chi connectivity index (χ0v) is 15.4. The Bertz CT molecular complexity index is 508. The van der Waals surface area contributed by atoms with Crippen molar-refractivity contribution in [1.82, 2.24) is 5.32 Å². The van der Waals surface area contributed by atoms with Crippen LogP contribution in [-0.2, 0) is 9.59 Å². The number of hydrogen-bond acceptors (Lipinski definition) is 4. The molecule has 1 aromatic carbocycles. The lowest BCUT2D eigenvalue weighted by molar-refractivity contribution is -0.141. The van der Waals surface area contributed by atoms with Crippen molar-refractivity contribution in [2.45, 2.75) is 32.1 Å². The van der Waals surface area contributed by atoms with E-state index < -0.39 is 12.0 Å². The lowest BCUT2D eigenvalue weighted by Crippen LogP contribution is -2.45. The van der Waals surface area contributed by atoms with Crippen molar-refractivity contribution in [2.24, 2.45) is 11.8 Å². The molecule has 1 amide bonds. The van der Waals surface area contributed by atoms with Gasteiger partial charge in [-0.2, -0.15) is 24.4 Å². The molecule has 2 N–H and O–H groups in total. The average Bonchev–Trinajstić information content (AvgIpc) is 2.53. The van der Waals surface area contributed by atoms with E-state index in [0.29, 0.717) is 17.4 Å². The maximum absolute atomic E-state index is 11.9. The zero-order chi connectivity index (χ0) is 17.4. The first-order chi connectivity index (χ1) is 10.9. The topological polar surface area (TPSA) is 66.4 Å². The normalized spacial score (nSPS) is 15.0. The SMILES string of the molecule is CC(C)C(SC[C@H](NC(=O)[C@H](C)CS)C(=O)O)c1ccccc1. The molecule has 0 fully saturated rings. The number of carbonyl (C=O) groups is 2. The van der Waals surface area contributed by atoms with E-state index in [2.05, 4.69) is 43.9 Å². The molecule has 1 rings (SSSR count). The van der Waals surface area contributed by atoms with E-state index >= 15 is 0 Å². The highest BCUT2D eigenvalue weighted by Gasteiger charge is 2.25. The Morgan fingerprint density at radius 1 is 1.22 bits per heavy atom. The number of thiol groups is 1. The summed E-state index contributed by atoms with van der Waals surface area (Å²) in [5.41, 5.74) is 1.17. The standard InChI is InChI=1S/C17H25NO3S2/c1-11(2)15(13-7-5-4-6-8-13)23-10-14(17(20)21)18-16(19)12(3)9-22/h4-8,11-12,14-15,22H,9-10H2,1-3H3,(H,18,19)(H,20,21)/t12-,14+,15?/m1/s1. The molecule has 0 aromatic heterocycles. The van der Waals surface area contributed by atoms with Crippen LogP contribution in [0, 0.1) is 11.8 Å². The van der Waals surface area contributed by atoms with Gasteiger partial charge in [-0.25, -0.2) is 4.79 Å². The second-order valence-corrected chi connectivity index (χ2v) is 7.43. The number of carbonyl (C=O) groups excluding carboxylic acids is 1. The minimum Gasteiger partial charge on any atom is -0.480 e. The molecule has 0 saturated heterocycles. The number of carboxylic acids is 1. The molecule has 23 heavy (non-hydrogen) atoms. The number of rotatable bonds is 9. The van der Waals surface area contributed by atoms with Crippen molar-refractivity contribution in [1.29, 1.82) is 0 Å². The van der Waals surface area contributed by atoms with Crippen LogP contribution in [0.4, 0.5) is 0 Å². The van der Waals surface area contributed by atoms with Crippen LogP contribution in [0.2, 0.25) is 0 Å². The van der Waals surface area contributed by atoms with Crippen molar-refractivity contribution < 1.29 is 14.7 Å². The third kappa shape index (κ3) is 6.47.